The standard InChI is InChI=1S/C24H29FN2O2/c1-5-27(4)12-6-7-15-8-10-17-19(13-15)24(2,3)29-22(17)21-18-14-16(25)9-11-20(18)26-23(21)28/h8-11,13-14,21-22H,5-7,12H2,1-4H3,(H,26,28). The molecule has 2 unspecified atom stereocenters. The molecule has 0 fully saturated rings. The maximum atomic E-state index is 13.9. The van der Waals surface area contributed by atoms with Crippen molar-refractivity contribution in [1.82, 2.24) is 4.90 Å². The second kappa shape index (κ2) is 7.54. The van der Waals surface area contributed by atoms with Gasteiger partial charge < -0.3 is 15.0 Å². The van der Waals surface area contributed by atoms with E-state index in [4.69, 9.17) is 4.74 Å². The zero-order valence-corrected chi connectivity index (χ0v) is 17.6. The maximum Gasteiger partial charge on any atom is 0.235 e. The molecule has 0 radical (unpaired) electrons. The summed E-state index contributed by atoms with van der Waals surface area (Å²) in [6.45, 7) is 8.37. The zero-order valence-electron chi connectivity index (χ0n) is 17.6. The normalized spacial score (nSPS) is 21.9. The van der Waals surface area contributed by atoms with Gasteiger partial charge in [0, 0.05) is 5.69 Å². The average molecular weight is 397 g/mol. The number of carbonyl (C=O) groups is 1. The number of ether oxygens (including phenoxy) is 1. The SMILES string of the molecule is CCN(C)CCCc1ccc2c(c1)C(C)(C)OC2C1C(=O)Nc2ccc(F)cc21. The first-order valence-corrected chi connectivity index (χ1v) is 10.4. The Morgan fingerprint density at radius 3 is 2.72 bits per heavy atom. The molecule has 0 aromatic heterocycles. The Kier molecular flexibility index (Phi) is 5.21. The molecule has 0 aliphatic carbocycles. The average Bonchev–Trinajstić information content (AvgIpc) is 3.13. The van der Waals surface area contributed by atoms with E-state index in [1.165, 1.54) is 17.7 Å². The fourth-order valence-corrected chi connectivity index (χ4v) is 4.49. The second-order valence-corrected chi connectivity index (χ2v) is 8.67. The number of nitrogens with zero attached hydrogens (tertiary/aromatic N) is 1. The Bertz CT molecular complexity index is 940. The van der Waals surface area contributed by atoms with Gasteiger partial charge in [0.2, 0.25) is 5.91 Å². The topological polar surface area (TPSA) is 41.6 Å². The molecule has 2 aliphatic rings. The largest absolute Gasteiger partial charge is 0.362 e. The van der Waals surface area contributed by atoms with Crippen molar-refractivity contribution < 1.29 is 13.9 Å². The molecule has 0 bridgehead atoms. The lowest BCUT2D eigenvalue weighted by Crippen LogP contribution is -2.22. The zero-order chi connectivity index (χ0) is 20.8. The lowest BCUT2D eigenvalue weighted by molar-refractivity contribution is -0.124. The van der Waals surface area contributed by atoms with Crippen LogP contribution >= 0.6 is 0 Å². The lowest BCUT2D eigenvalue weighted by Gasteiger charge is -2.23. The summed E-state index contributed by atoms with van der Waals surface area (Å²) < 4.78 is 20.3. The lowest BCUT2D eigenvalue weighted by atomic mass is 9.86. The van der Waals surface area contributed by atoms with E-state index in [1.54, 1.807) is 6.07 Å². The molecule has 1 amide bonds. The molecule has 154 valence electrons. The first kappa shape index (κ1) is 20.0. The Labute approximate surface area is 172 Å². The van der Waals surface area contributed by atoms with Gasteiger partial charge in [-0.2, -0.15) is 0 Å². The number of anilines is 1. The molecule has 1 N–H and O–H groups in total. The van der Waals surface area contributed by atoms with Gasteiger partial charge in [0.25, 0.3) is 0 Å². The van der Waals surface area contributed by atoms with E-state index < -0.39 is 17.6 Å². The van der Waals surface area contributed by atoms with E-state index in [-0.39, 0.29) is 11.7 Å². The molecule has 2 heterocycles. The van der Waals surface area contributed by atoms with Crippen molar-refractivity contribution in [2.45, 2.75) is 51.2 Å². The van der Waals surface area contributed by atoms with Crippen molar-refractivity contribution in [3.8, 4) is 0 Å². The Morgan fingerprint density at radius 2 is 1.97 bits per heavy atom. The van der Waals surface area contributed by atoms with Gasteiger partial charge in [0.05, 0.1) is 17.6 Å². The third-order valence-corrected chi connectivity index (χ3v) is 6.23. The van der Waals surface area contributed by atoms with E-state index in [9.17, 15) is 9.18 Å². The smallest absolute Gasteiger partial charge is 0.235 e. The summed E-state index contributed by atoms with van der Waals surface area (Å²) in [6.07, 6.45) is 1.70. The van der Waals surface area contributed by atoms with Crippen LogP contribution < -0.4 is 5.32 Å². The molecule has 2 atom stereocenters. The quantitative estimate of drug-likeness (QED) is 0.766. The number of hydrogen-bond donors (Lipinski definition) is 1. The Balaban J connectivity index is 1.62. The van der Waals surface area contributed by atoms with Gasteiger partial charge in [-0.15, -0.1) is 0 Å². The minimum Gasteiger partial charge on any atom is -0.362 e. The highest BCUT2D eigenvalue weighted by Crippen LogP contribution is 2.52. The van der Waals surface area contributed by atoms with Gasteiger partial charge in [-0.3, -0.25) is 4.79 Å². The Morgan fingerprint density at radius 1 is 1.17 bits per heavy atom. The van der Waals surface area contributed by atoms with E-state index in [2.05, 4.69) is 42.4 Å². The molecule has 5 heteroatoms. The minimum atomic E-state index is -0.537. The monoisotopic (exact) mass is 396 g/mol. The third kappa shape index (κ3) is 3.69. The van der Waals surface area contributed by atoms with E-state index in [1.807, 2.05) is 13.8 Å². The van der Waals surface area contributed by atoms with E-state index in [0.717, 1.165) is 37.1 Å². The molecule has 2 aromatic carbocycles. The highest BCUT2D eigenvalue weighted by molar-refractivity contribution is 6.03. The summed E-state index contributed by atoms with van der Waals surface area (Å²) in [5.74, 6) is -1.01. The van der Waals surface area contributed by atoms with Crippen molar-refractivity contribution in [2.24, 2.45) is 0 Å². The van der Waals surface area contributed by atoms with Gasteiger partial charge >= 0.3 is 0 Å². The number of benzene rings is 2. The van der Waals surface area contributed by atoms with Crippen LogP contribution in [0.1, 0.15) is 61.5 Å². The third-order valence-electron chi connectivity index (χ3n) is 6.23. The summed E-state index contributed by atoms with van der Waals surface area (Å²) in [5, 5.41) is 2.87. The molecule has 0 saturated heterocycles. The highest BCUT2D eigenvalue weighted by atomic mass is 19.1. The number of aryl methyl sites for hydroxylation is 1. The van der Waals surface area contributed by atoms with Crippen LogP contribution in [-0.4, -0.2) is 30.9 Å². The molecule has 29 heavy (non-hydrogen) atoms. The van der Waals surface area contributed by atoms with Crippen LogP contribution in [0.15, 0.2) is 36.4 Å². The van der Waals surface area contributed by atoms with Crippen LogP contribution in [0, 0.1) is 5.82 Å². The van der Waals surface area contributed by atoms with Crippen LogP contribution in [0.25, 0.3) is 0 Å². The number of carbonyl (C=O) groups excluding carboxylic acids is 1. The molecular weight excluding hydrogens is 367 g/mol. The first-order valence-electron chi connectivity index (χ1n) is 10.4. The summed E-state index contributed by atoms with van der Waals surface area (Å²) in [6, 6.07) is 10.9. The fraction of sp³-hybridized carbons (Fsp3) is 0.458. The number of hydrogen-bond acceptors (Lipinski definition) is 3. The number of rotatable bonds is 6. The Hall–Kier alpha value is -2.24. The summed E-state index contributed by atoms with van der Waals surface area (Å²) >= 11 is 0. The number of fused-ring (bicyclic) bond motifs is 2. The molecular formula is C24H29FN2O2. The summed E-state index contributed by atoms with van der Waals surface area (Å²) in [7, 11) is 2.14. The predicted octanol–water partition coefficient (Wildman–Crippen LogP) is 4.75. The van der Waals surface area contributed by atoms with Gasteiger partial charge in [0.1, 0.15) is 5.82 Å². The van der Waals surface area contributed by atoms with Crippen molar-refractivity contribution in [2.75, 3.05) is 25.5 Å². The molecule has 0 saturated carbocycles. The van der Waals surface area contributed by atoms with Crippen LogP contribution in [0.5, 0.6) is 0 Å². The minimum absolute atomic E-state index is 0.133. The van der Waals surface area contributed by atoms with Crippen LogP contribution in [0.3, 0.4) is 0 Å². The molecule has 2 aromatic rings. The predicted molar refractivity (Wildman–Crippen MR) is 113 cm³/mol. The number of amides is 1. The van der Waals surface area contributed by atoms with Crippen LogP contribution in [0.2, 0.25) is 0 Å². The van der Waals surface area contributed by atoms with E-state index >= 15 is 0 Å². The fourth-order valence-electron chi connectivity index (χ4n) is 4.49. The molecule has 4 nitrogen and oxygen atoms in total. The van der Waals surface area contributed by atoms with Gasteiger partial charge in [-0.05, 0) is 87.3 Å². The van der Waals surface area contributed by atoms with Gasteiger partial charge in [-0.1, -0.05) is 25.1 Å². The second-order valence-electron chi connectivity index (χ2n) is 8.67. The number of nitrogens with one attached hydrogen (secondary N) is 1. The van der Waals surface area contributed by atoms with Crippen molar-refractivity contribution >= 4 is 11.6 Å². The molecule has 2 aliphatic heterocycles. The molecule has 0 spiro atoms. The van der Waals surface area contributed by atoms with Gasteiger partial charge in [0.15, 0.2) is 0 Å². The van der Waals surface area contributed by atoms with Crippen LogP contribution in [-0.2, 0) is 21.6 Å². The summed E-state index contributed by atoms with van der Waals surface area (Å²) in [4.78, 5) is 15.0. The van der Waals surface area contributed by atoms with Crippen molar-refractivity contribution in [3.63, 3.8) is 0 Å². The van der Waals surface area contributed by atoms with Crippen LogP contribution in [0.4, 0.5) is 10.1 Å². The van der Waals surface area contributed by atoms with Crippen molar-refractivity contribution in [1.29, 1.82) is 0 Å². The van der Waals surface area contributed by atoms with Gasteiger partial charge in [-0.25, -0.2) is 4.39 Å². The van der Waals surface area contributed by atoms with Crippen molar-refractivity contribution in [3.05, 3.63) is 64.5 Å². The number of halogens is 1. The first-order chi connectivity index (χ1) is 13.8. The molecule has 4 rings (SSSR count). The summed E-state index contributed by atoms with van der Waals surface area (Å²) in [5.41, 5.74) is 4.30. The van der Waals surface area contributed by atoms with E-state index in [0.29, 0.717) is 11.3 Å². The highest BCUT2D eigenvalue weighted by Gasteiger charge is 2.47. The maximum absolute atomic E-state index is 13.9.